The normalized spacial score (nSPS) is 20.0. The zero-order valence-corrected chi connectivity index (χ0v) is 16.9. The molecule has 4 rings (SSSR count). The molecule has 0 spiro atoms. The number of rotatable bonds is 4. The van der Waals surface area contributed by atoms with Crippen LogP contribution in [0.25, 0.3) is 0 Å². The smallest absolute Gasteiger partial charge is 0.306 e. The van der Waals surface area contributed by atoms with E-state index in [1.54, 1.807) is 6.07 Å². The molecule has 2 aromatic carbocycles. The lowest BCUT2D eigenvalue weighted by Crippen LogP contribution is -2.09. The van der Waals surface area contributed by atoms with E-state index in [4.69, 9.17) is 25.8 Å². The van der Waals surface area contributed by atoms with Gasteiger partial charge in [0.15, 0.2) is 0 Å². The molecule has 0 radical (unpaired) electrons. The fourth-order valence-corrected chi connectivity index (χ4v) is 4.47. The molecule has 0 aromatic heterocycles. The van der Waals surface area contributed by atoms with Crippen LogP contribution in [0.15, 0.2) is 28.7 Å². The number of esters is 1. The quantitative estimate of drug-likeness (QED) is 0.461. The van der Waals surface area contributed by atoms with Gasteiger partial charge in [-0.2, -0.15) is 0 Å². The van der Waals surface area contributed by atoms with Crippen LogP contribution in [0.3, 0.4) is 0 Å². The highest BCUT2D eigenvalue weighted by atomic mass is 79.9. The predicted octanol–water partition coefficient (Wildman–Crippen LogP) is 5.35. The van der Waals surface area contributed by atoms with Gasteiger partial charge in [0, 0.05) is 27.6 Å². The maximum absolute atomic E-state index is 14.5. The summed E-state index contributed by atoms with van der Waals surface area (Å²) in [5.41, 5.74) is 2.37. The molecular formula is C20H17BrClFO4. The number of ether oxygens (including phenoxy) is 3. The third kappa shape index (κ3) is 3.41. The van der Waals surface area contributed by atoms with Gasteiger partial charge < -0.3 is 14.2 Å². The van der Waals surface area contributed by atoms with Crippen molar-refractivity contribution in [1.29, 1.82) is 0 Å². The SMILES string of the molecule is COC(=O)CC1COc2cc(OC3CCc4c(Br)c(Cl)cc(F)c43)ccc21. The Morgan fingerprint density at radius 1 is 1.41 bits per heavy atom. The van der Waals surface area contributed by atoms with Crippen molar-refractivity contribution < 1.29 is 23.4 Å². The van der Waals surface area contributed by atoms with Gasteiger partial charge in [-0.1, -0.05) is 17.7 Å². The highest BCUT2D eigenvalue weighted by molar-refractivity contribution is 9.10. The highest BCUT2D eigenvalue weighted by Gasteiger charge is 2.32. The van der Waals surface area contributed by atoms with Crippen LogP contribution in [-0.2, 0) is 16.0 Å². The van der Waals surface area contributed by atoms with Gasteiger partial charge in [0.2, 0.25) is 0 Å². The van der Waals surface area contributed by atoms with Crippen LogP contribution in [0.4, 0.5) is 4.39 Å². The van der Waals surface area contributed by atoms with Gasteiger partial charge in [0.05, 0.1) is 25.2 Å². The number of fused-ring (bicyclic) bond motifs is 2. The summed E-state index contributed by atoms with van der Waals surface area (Å²) in [6, 6.07) is 6.84. The molecule has 1 aliphatic carbocycles. The third-order valence-electron chi connectivity index (χ3n) is 5.07. The minimum absolute atomic E-state index is 0.0238. The molecule has 2 atom stereocenters. The first-order valence-corrected chi connectivity index (χ1v) is 9.81. The van der Waals surface area contributed by atoms with Crippen molar-refractivity contribution in [1.82, 2.24) is 0 Å². The van der Waals surface area contributed by atoms with Crippen LogP contribution < -0.4 is 9.47 Å². The lowest BCUT2D eigenvalue weighted by atomic mass is 9.98. The lowest BCUT2D eigenvalue weighted by Gasteiger charge is -2.17. The second-order valence-electron chi connectivity index (χ2n) is 6.68. The molecular weight excluding hydrogens is 439 g/mol. The Labute approximate surface area is 169 Å². The molecule has 0 amide bonds. The van der Waals surface area contributed by atoms with E-state index in [-0.39, 0.29) is 30.2 Å². The van der Waals surface area contributed by atoms with E-state index < -0.39 is 0 Å². The van der Waals surface area contributed by atoms with Crippen molar-refractivity contribution in [3.63, 3.8) is 0 Å². The number of carbonyl (C=O) groups is 1. The van der Waals surface area contributed by atoms with Gasteiger partial charge in [0.1, 0.15) is 23.4 Å². The van der Waals surface area contributed by atoms with Crippen molar-refractivity contribution in [3.8, 4) is 11.5 Å². The van der Waals surface area contributed by atoms with Crippen LogP contribution in [0.5, 0.6) is 11.5 Å². The van der Waals surface area contributed by atoms with Crippen LogP contribution in [-0.4, -0.2) is 19.7 Å². The molecule has 2 unspecified atom stereocenters. The number of benzene rings is 2. The van der Waals surface area contributed by atoms with Gasteiger partial charge in [-0.3, -0.25) is 4.79 Å². The zero-order chi connectivity index (χ0) is 19.1. The second kappa shape index (κ2) is 7.32. The molecule has 2 aromatic rings. The summed E-state index contributed by atoms with van der Waals surface area (Å²) < 4.78 is 31.7. The van der Waals surface area contributed by atoms with E-state index >= 15 is 0 Å². The van der Waals surface area contributed by atoms with Gasteiger partial charge in [0.25, 0.3) is 0 Å². The molecule has 2 aliphatic rings. The number of carbonyl (C=O) groups excluding carboxylic acids is 1. The average Bonchev–Trinajstić information content (AvgIpc) is 3.24. The van der Waals surface area contributed by atoms with E-state index in [1.165, 1.54) is 13.2 Å². The summed E-state index contributed by atoms with van der Waals surface area (Å²) in [5, 5.41) is 0.370. The Bertz CT molecular complexity index is 917. The second-order valence-corrected chi connectivity index (χ2v) is 7.88. The van der Waals surface area contributed by atoms with Crippen molar-refractivity contribution in [2.75, 3.05) is 13.7 Å². The molecule has 0 fully saturated rings. The molecule has 7 heteroatoms. The minimum atomic E-state index is -0.376. The van der Waals surface area contributed by atoms with Crippen molar-refractivity contribution in [3.05, 3.63) is 56.3 Å². The van der Waals surface area contributed by atoms with Crippen LogP contribution >= 0.6 is 27.5 Å². The predicted molar refractivity (Wildman–Crippen MR) is 102 cm³/mol. The Hall–Kier alpha value is -1.79. The average molecular weight is 456 g/mol. The molecule has 27 heavy (non-hydrogen) atoms. The standard InChI is InChI=1S/C20H17BrClFO4/c1-25-18(24)6-10-9-26-17-7-11(2-3-12(10)17)27-16-5-4-13-19(16)15(23)8-14(22)20(13)21/h2-3,7-8,10,16H,4-6,9H2,1H3. The van der Waals surface area contributed by atoms with Gasteiger partial charge in [-0.15, -0.1) is 0 Å². The van der Waals surface area contributed by atoms with Crippen LogP contribution in [0.2, 0.25) is 5.02 Å². The number of hydrogen-bond acceptors (Lipinski definition) is 4. The summed E-state index contributed by atoms with van der Waals surface area (Å²) in [6.07, 6.45) is 1.27. The molecule has 4 nitrogen and oxygen atoms in total. The Morgan fingerprint density at radius 3 is 3.00 bits per heavy atom. The van der Waals surface area contributed by atoms with E-state index in [2.05, 4.69) is 15.9 Å². The molecule has 0 N–H and O–H groups in total. The Kier molecular flexibility index (Phi) is 5.03. The maximum atomic E-state index is 14.5. The summed E-state index contributed by atoms with van der Waals surface area (Å²) in [4.78, 5) is 11.5. The van der Waals surface area contributed by atoms with E-state index in [9.17, 15) is 9.18 Å². The largest absolute Gasteiger partial charge is 0.492 e. The van der Waals surface area contributed by atoms with E-state index in [0.717, 1.165) is 15.6 Å². The van der Waals surface area contributed by atoms with E-state index in [0.29, 0.717) is 41.5 Å². The number of methoxy groups -OCH3 is 1. The van der Waals surface area contributed by atoms with Crippen LogP contribution in [0.1, 0.15) is 41.6 Å². The van der Waals surface area contributed by atoms with Gasteiger partial charge >= 0.3 is 5.97 Å². The molecule has 0 bridgehead atoms. The van der Waals surface area contributed by atoms with Gasteiger partial charge in [-0.05, 0) is 46.5 Å². The zero-order valence-electron chi connectivity index (χ0n) is 14.6. The molecule has 142 valence electrons. The van der Waals surface area contributed by atoms with Gasteiger partial charge in [-0.25, -0.2) is 4.39 Å². The first-order valence-electron chi connectivity index (χ1n) is 8.64. The van der Waals surface area contributed by atoms with Crippen molar-refractivity contribution >= 4 is 33.5 Å². The molecule has 1 aliphatic heterocycles. The summed E-state index contributed by atoms with van der Waals surface area (Å²) in [6.45, 7) is 0.431. The fourth-order valence-electron chi connectivity index (χ4n) is 3.74. The molecule has 0 saturated heterocycles. The van der Waals surface area contributed by atoms with Crippen molar-refractivity contribution in [2.45, 2.75) is 31.3 Å². The summed E-state index contributed by atoms with van der Waals surface area (Å²) in [5.74, 6) is 0.660. The number of hydrogen-bond donors (Lipinski definition) is 0. The number of halogens is 3. The first-order chi connectivity index (χ1) is 13.0. The Balaban J connectivity index is 1.55. The Morgan fingerprint density at radius 2 is 2.22 bits per heavy atom. The summed E-state index contributed by atoms with van der Waals surface area (Å²) in [7, 11) is 1.38. The minimum Gasteiger partial charge on any atom is -0.492 e. The highest BCUT2D eigenvalue weighted by Crippen LogP contribution is 2.44. The maximum Gasteiger partial charge on any atom is 0.306 e. The fraction of sp³-hybridized carbons (Fsp3) is 0.350. The van der Waals surface area contributed by atoms with E-state index in [1.807, 2.05) is 12.1 Å². The summed E-state index contributed by atoms with van der Waals surface area (Å²) >= 11 is 9.49. The monoisotopic (exact) mass is 454 g/mol. The topological polar surface area (TPSA) is 44.8 Å². The molecule has 1 heterocycles. The lowest BCUT2D eigenvalue weighted by molar-refractivity contribution is -0.141. The third-order valence-corrected chi connectivity index (χ3v) is 6.51. The first kappa shape index (κ1) is 18.6. The van der Waals surface area contributed by atoms with Crippen LogP contribution in [0, 0.1) is 5.82 Å². The molecule has 0 saturated carbocycles. The van der Waals surface area contributed by atoms with Crippen molar-refractivity contribution in [2.24, 2.45) is 0 Å².